The number of aromatic nitrogens is 1. The molecule has 0 aliphatic rings. The van der Waals surface area contributed by atoms with Crippen molar-refractivity contribution in [3.8, 4) is 0 Å². The quantitative estimate of drug-likeness (QED) is 0.900. The van der Waals surface area contributed by atoms with Crippen molar-refractivity contribution in [2.24, 2.45) is 5.73 Å². The first-order valence-electron chi connectivity index (χ1n) is 6.12. The molecule has 1 aromatic carbocycles. The van der Waals surface area contributed by atoms with Crippen LogP contribution in [-0.2, 0) is 6.54 Å². The summed E-state index contributed by atoms with van der Waals surface area (Å²) < 4.78 is 0. The van der Waals surface area contributed by atoms with Gasteiger partial charge in [0.15, 0.2) is 0 Å². The van der Waals surface area contributed by atoms with Gasteiger partial charge in [0, 0.05) is 11.9 Å². The molecule has 0 spiro atoms. The van der Waals surface area contributed by atoms with E-state index in [2.05, 4.69) is 16.4 Å². The lowest BCUT2D eigenvalue weighted by molar-refractivity contribution is 0.0935. The van der Waals surface area contributed by atoms with Crippen molar-refractivity contribution >= 4 is 17.2 Å². The van der Waals surface area contributed by atoms with E-state index in [1.807, 2.05) is 32.0 Å². The van der Waals surface area contributed by atoms with Gasteiger partial charge in [0.05, 0.1) is 6.04 Å². The second-order valence-electron chi connectivity index (χ2n) is 4.44. The first-order chi connectivity index (χ1) is 9.10. The van der Waals surface area contributed by atoms with Gasteiger partial charge in [-0.25, -0.2) is 4.98 Å². The largest absolute Gasteiger partial charge is 0.344 e. The number of amides is 1. The lowest BCUT2D eigenvalue weighted by atomic mass is 10.1. The topological polar surface area (TPSA) is 68.0 Å². The Labute approximate surface area is 116 Å². The highest BCUT2D eigenvalue weighted by Gasteiger charge is 2.14. The van der Waals surface area contributed by atoms with Crippen LogP contribution in [0.1, 0.15) is 39.6 Å². The molecule has 2 aromatic rings. The minimum atomic E-state index is -0.162. The van der Waals surface area contributed by atoms with Gasteiger partial charge in [0.25, 0.3) is 5.91 Å². The van der Waals surface area contributed by atoms with E-state index in [-0.39, 0.29) is 11.9 Å². The van der Waals surface area contributed by atoms with Gasteiger partial charge in [0.2, 0.25) is 0 Å². The van der Waals surface area contributed by atoms with Gasteiger partial charge in [-0.3, -0.25) is 4.79 Å². The van der Waals surface area contributed by atoms with Gasteiger partial charge >= 0.3 is 0 Å². The van der Waals surface area contributed by atoms with E-state index in [1.54, 1.807) is 5.38 Å². The smallest absolute Gasteiger partial charge is 0.271 e. The number of nitrogens with zero attached hydrogens (tertiary/aromatic N) is 1. The van der Waals surface area contributed by atoms with E-state index in [0.29, 0.717) is 12.2 Å². The number of thiazole rings is 1. The molecule has 4 nitrogen and oxygen atoms in total. The molecule has 0 unspecified atom stereocenters. The van der Waals surface area contributed by atoms with Crippen LogP contribution in [0.25, 0.3) is 0 Å². The van der Waals surface area contributed by atoms with Crippen LogP contribution in [0, 0.1) is 6.92 Å². The van der Waals surface area contributed by atoms with Crippen molar-refractivity contribution in [3.63, 3.8) is 0 Å². The Hall–Kier alpha value is -1.72. The normalized spacial score (nSPS) is 12.2. The molecule has 0 aliphatic carbocycles. The third-order valence-electron chi connectivity index (χ3n) is 2.85. The minimum Gasteiger partial charge on any atom is -0.344 e. The van der Waals surface area contributed by atoms with Crippen LogP contribution in [0.3, 0.4) is 0 Å². The number of hydrogen-bond donors (Lipinski definition) is 2. The molecule has 1 heterocycles. The van der Waals surface area contributed by atoms with E-state index in [4.69, 9.17) is 5.73 Å². The molecule has 1 atom stereocenters. The average Bonchev–Trinajstić information content (AvgIpc) is 2.87. The van der Waals surface area contributed by atoms with Crippen molar-refractivity contribution in [1.29, 1.82) is 0 Å². The number of nitrogens with two attached hydrogens (primary N) is 1. The molecule has 0 saturated carbocycles. The maximum Gasteiger partial charge on any atom is 0.271 e. The molecule has 0 radical (unpaired) electrons. The number of carbonyl (C=O) groups is 1. The van der Waals surface area contributed by atoms with Crippen molar-refractivity contribution < 1.29 is 4.79 Å². The first-order valence-corrected chi connectivity index (χ1v) is 7.00. The van der Waals surface area contributed by atoms with Crippen LogP contribution in [0.15, 0.2) is 29.6 Å². The molecule has 100 valence electrons. The molecule has 1 amide bonds. The Bertz CT molecular complexity index is 580. The molecule has 0 aliphatic heterocycles. The van der Waals surface area contributed by atoms with Gasteiger partial charge in [-0.05, 0) is 19.4 Å². The Morgan fingerprint density at radius 1 is 1.53 bits per heavy atom. The molecule has 3 N–H and O–H groups in total. The van der Waals surface area contributed by atoms with E-state index in [0.717, 1.165) is 10.6 Å². The fourth-order valence-electron chi connectivity index (χ4n) is 1.80. The van der Waals surface area contributed by atoms with Crippen molar-refractivity contribution in [1.82, 2.24) is 10.3 Å². The Morgan fingerprint density at radius 2 is 2.32 bits per heavy atom. The fourth-order valence-corrected chi connectivity index (χ4v) is 2.46. The summed E-state index contributed by atoms with van der Waals surface area (Å²) in [4.78, 5) is 16.2. The molecular weight excluding hydrogens is 258 g/mol. The SMILES string of the molecule is Cc1cccc([C@H](C)NC(=O)c2csc(CN)n2)c1. The third kappa shape index (κ3) is 3.39. The highest BCUT2D eigenvalue weighted by Crippen LogP contribution is 2.15. The van der Waals surface area contributed by atoms with E-state index >= 15 is 0 Å². The lowest BCUT2D eigenvalue weighted by Crippen LogP contribution is -2.27. The second kappa shape index (κ2) is 5.95. The zero-order valence-electron chi connectivity index (χ0n) is 11.0. The van der Waals surface area contributed by atoms with Crippen molar-refractivity contribution in [3.05, 3.63) is 51.5 Å². The van der Waals surface area contributed by atoms with Gasteiger partial charge in [-0.1, -0.05) is 29.8 Å². The number of benzene rings is 1. The summed E-state index contributed by atoms with van der Waals surface area (Å²) in [7, 11) is 0. The predicted octanol–water partition coefficient (Wildman–Crippen LogP) is 2.40. The monoisotopic (exact) mass is 275 g/mol. The zero-order chi connectivity index (χ0) is 13.8. The molecule has 19 heavy (non-hydrogen) atoms. The second-order valence-corrected chi connectivity index (χ2v) is 5.38. The number of aryl methyl sites for hydroxylation is 1. The highest BCUT2D eigenvalue weighted by atomic mass is 32.1. The van der Waals surface area contributed by atoms with Crippen LogP contribution in [0.4, 0.5) is 0 Å². The Morgan fingerprint density at radius 3 is 2.95 bits per heavy atom. The number of carbonyl (C=O) groups excluding carboxylic acids is 1. The van der Waals surface area contributed by atoms with Gasteiger partial charge in [0.1, 0.15) is 10.7 Å². The maximum absolute atomic E-state index is 12.0. The summed E-state index contributed by atoms with van der Waals surface area (Å²) >= 11 is 1.41. The van der Waals surface area contributed by atoms with Gasteiger partial charge in [-0.15, -0.1) is 11.3 Å². The standard InChI is InChI=1S/C14H17N3OS/c1-9-4-3-5-11(6-9)10(2)16-14(18)12-8-19-13(7-15)17-12/h3-6,8,10H,7,15H2,1-2H3,(H,16,18)/t10-/m0/s1. The number of rotatable bonds is 4. The first kappa shape index (κ1) is 13.7. The van der Waals surface area contributed by atoms with Crippen LogP contribution in [0.5, 0.6) is 0 Å². The summed E-state index contributed by atoms with van der Waals surface area (Å²) in [6, 6.07) is 8.05. The average molecular weight is 275 g/mol. The van der Waals surface area contributed by atoms with Crippen LogP contribution in [0.2, 0.25) is 0 Å². The fraction of sp³-hybridized carbons (Fsp3) is 0.286. The molecule has 0 fully saturated rings. The van der Waals surface area contributed by atoms with E-state index in [9.17, 15) is 4.79 Å². The van der Waals surface area contributed by atoms with Crippen molar-refractivity contribution in [2.75, 3.05) is 0 Å². The van der Waals surface area contributed by atoms with Gasteiger partial charge in [-0.2, -0.15) is 0 Å². The summed E-state index contributed by atoms with van der Waals surface area (Å²) in [6.07, 6.45) is 0. The minimum absolute atomic E-state index is 0.0459. The third-order valence-corrected chi connectivity index (χ3v) is 3.72. The summed E-state index contributed by atoms with van der Waals surface area (Å²) in [6.45, 7) is 4.36. The molecular formula is C14H17N3OS. The number of nitrogens with one attached hydrogen (secondary N) is 1. The van der Waals surface area contributed by atoms with E-state index in [1.165, 1.54) is 16.9 Å². The highest BCUT2D eigenvalue weighted by molar-refractivity contribution is 7.09. The maximum atomic E-state index is 12.0. The summed E-state index contributed by atoms with van der Waals surface area (Å²) in [5.41, 5.74) is 8.19. The van der Waals surface area contributed by atoms with Crippen LogP contribution >= 0.6 is 11.3 Å². The number of hydrogen-bond acceptors (Lipinski definition) is 4. The molecule has 1 aromatic heterocycles. The van der Waals surface area contributed by atoms with Crippen molar-refractivity contribution in [2.45, 2.75) is 26.4 Å². The Balaban J connectivity index is 2.06. The molecule has 0 bridgehead atoms. The zero-order valence-corrected chi connectivity index (χ0v) is 11.8. The molecule has 5 heteroatoms. The van der Waals surface area contributed by atoms with Crippen LogP contribution < -0.4 is 11.1 Å². The molecule has 0 saturated heterocycles. The summed E-state index contributed by atoms with van der Waals surface area (Å²) in [5.74, 6) is -0.162. The lowest BCUT2D eigenvalue weighted by Gasteiger charge is -2.14. The van der Waals surface area contributed by atoms with Crippen LogP contribution in [-0.4, -0.2) is 10.9 Å². The molecule has 2 rings (SSSR count). The Kier molecular flexibility index (Phi) is 4.29. The predicted molar refractivity (Wildman–Crippen MR) is 77.1 cm³/mol. The van der Waals surface area contributed by atoms with E-state index < -0.39 is 0 Å². The van der Waals surface area contributed by atoms with Gasteiger partial charge < -0.3 is 11.1 Å². The summed E-state index contributed by atoms with van der Waals surface area (Å²) in [5, 5.41) is 5.45.